The lowest BCUT2D eigenvalue weighted by Gasteiger charge is -2.10. The van der Waals surface area contributed by atoms with Crippen molar-refractivity contribution in [2.24, 2.45) is 5.10 Å². The van der Waals surface area contributed by atoms with Crippen LogP contribution in [-0.4, -0.2) is 12.3 Å². The average molecular weight is 245 g/mol. The Balaban J connectivity index is 2.23. The Morgan fingerprint density at radius 2 is 2.42 bits per heavy atom. The van der Waals surface area contributed by atoms with E-state index < -0.39 is 0 Å². The fourth-order valence-electron chi connectivity index (χ4n) is 1.19. The van der Waals surface area contributed by atoms with Crippen LogP contribution in [0, 0.1) is 0 Å². The molecule has 12 heavy (non-hydrogen) atoms. The molecule has 0 amide bonds. The first-order valence-electron chi connectivity index (χ1n) is 3.91. The van der Waals surface area contributed by atoms with Crippen molar-refractivity contribution in [3.63, 3.8) is 0 Å². The lowest BCUT2D eigenvalue weighted by molar-refractivity contribution is 0.663. The maximum absolute atomic E-state index is 4.27. The summed E-state index contributed by atoms with van der Waals surface area (Å²) in [5.74, 6) is 0. The third-order valence-corrected chi connectivity index (χ3v) is 3.45. The Kier molecular flexibility index (Phi) is 2.46. The third-order valence-electron chi connectivity index (χ3n) is 1.77. The molecule has 1 aromatic heterocycles. The molecule has 2 nitrogen and oxygen atoms in total. The average Bonchev–Trinajstić information content (AvgIpc) is 2.54. The van der Waals surface area contributed by atoms with Gasteiger partial charge in [-0.2, -0.15) is 5.10 Å². The van der Waals surface area contributed by atoms with Gasteiger partial charge in [0.25, 0.3) is 0 Å². The minimum Gasteiger partial charge on any atom is -0.310 e. The highest BCUT2D eigenvalue weighted by Gasteiger charge is 2.09. The molecule has 0 spiro atoms. The number of hydrazone groups is 1. The first-order chi connectivity index (χ1) is 5.86. The van der Waals surface area contributed by atoms with Gasteiger partial charge >= 0.3 is 0 Å². The molecular weight excluding hydrogens is 236 g/mol. The second-order valence-corrected chi connectivity index (χ2v) is 5.14. The summed E-state index contributed by atoms with van der Waals surface area (Å²) in [7, 11) is 0. The molecule has 0 fully saturated rings. The van der Waals surface area contributed by atoms with Gasteiger partial charge in [0.05, 0.1) is 14.4 Å². The van der Waals surface area contributed by atoms with Crippen molar-refractivity contribution in [3.8, 4) is 0 Å². The zero-order valence-corrected chi connectivity index (χ0v) is 8.91. The normalized spacial score (nSPS) is 16.9. The molecule has 0 radical (unpaired) electrons. The molecule has 64 valence electrons. The molecule has 0 atom stereocenters. The SMILES string of the molecule is Brc1ccc(C2=NNCCC2)s1. The van der Waals surface area contributed by atoms with Crippen LogP contribution in [0.3, 0.4) is 0 Å². The maximum atomic E-state index is 4.27. The highest BCUT2D eigenvalue weighted by molar-refractivity contribution is 9.11. The van der Waals surface area contributed by atoms with Crippen molar-refractivity contribution in [2.75, 3.05) is 6.54 Å². The quantitative estimate of drug-likeness (QED) is 0.808. The summed E-state index contributed by atoms with van der Waals surface area (Å²) in [4.78, 5) is 1.27. The molecule has 1 N–H and O–H groups in total. The minimum absolute atomic E-state index is 1.01. The molecule has 2 heterocycles. The Morgan fingerprint density at radius 1 is 1.50 bits per heavy atom. The molecule has 0 aliphatic carbocycles. The Morgan fingerprint density at radius 3 is 3.00 bits per heavy atom. The van der Waals surface area contributed by atoms with E-state index >= 15 is 0 Å². The molecule has 0 aromatic carbocycles. The van der Waals surface area contributed by atoms with Crippen LogP contribution in [0.15, 0.2) is 21.0 Å². The molecule has 1 aliphatic heterocycles. The van der Waals surface area contributed by atoms with Crippen LogP contribution in [-0.2, 0) is 0 Å². The molecule has 0 unspecified atom stereocenters. The van der Waals surface area contributed by atoms with Crippen molar-refractivity contribution in [2.45, 2.75) is 12.8 Å². The van der Waals surface area contributed by atoms with E-state index in [-0.39, 0.29) is 0 Å². The summed E-state index contributed by atoms with van der Waals surface area (Å²) >= 11 is 5.18. The highest BCUT2D eigenvalue weighted by Crippen LogP contribution is 2.24. The van der Waals surface area contributed by atoms with Gasteiger partial charge in [0.15, 0.2) is 0 Å². The molecule has 0 saturated heterocycles. The summed E-state index contributed by atoms with van der Waals surface area (Å²) in [5.41, 5.74) is 4.21. The lowest BCUT2D eigenvalue weighted by atomic mass is 10.1. The van der Waals surface area contributed by atoms with Gasteiger partial charge in [0.1, 0.15) is 0 Å². The van der Waals surface area contributed by atoms with Gasteiger partial charge in [-0.25, -0.2) is 0 Å². The van der Waals surface area contributed by atoms with Gasteiger partial charge in [-0.3, -0.25) is 0 Å². The van der Waals surface area contributed by atoms with Gasteiger partial charge in [-0.15, -0.1) is 11.3 Å². The smallest absolute Gasteiger partial charge is 0.0775 e. The summed E-state index contributed by atoms with van der Waals surface area (Å²) in [6, 6.07) is 4.18. The van der Waals surface area contributed by atoms with Crippen molar-refractivity contribution >= 4 is 33.0 Å². The minimum atomic E-state index is 1.01. The first-order valence-corrected chi connectivity index (χ1v) is 5.52. The molecule has 2 rings (SSSR count). The fourth-order valence-corrected chi connectivity index (χ4v) is 2.59. The van der Waals surface area contributed by atoms with Crippen molar-refractivity contribution in [3.05, 3.63) is 20.8 Å². The van der Waals surface area contributed by atoms with Gasteiger partial charge < -0.3 is 5.43 Å². The number of thiophene rings is 1. The number of rotatable bonds is 1. The van der Waals surface area contributed by atoms with Crippen LogP contribution in [0.4, 0.5) is 0 Å². The highest BCUT2D eigenvalue weighted by atomic mass is 79.9. The van der Waals surface area contributed by atoms with E-state index in [0.29, 0.717) is 0 Å². The molecule has 0 saturated carbocycles. The summed E-state index contributed by atoms with van der Waals surface area (Å²) < 4.78 is 1.17. The van der Waals surface area contributed by atoms with Crippen molar-refractivity contribution < 1.29 is 0 Å². The number of hydrogen-bond acceptors (Lipinski definition) is 3. The second kappa shape index (κ2) is 3.58. The lowest BCUT2D eigenvalue weighted by Crippen LogP contribution is -2.18. The van der Waals surface area contributed by atoms with E-state index in [0.717, 1.165) is 13.0 Å². The zero-order chi connectivity index (χ0) is 8.39. The Labute approximate surface area is 83.8 Å². The van der Waals surface area contributed by atoms with E-state index in [1.54, 1.807) is 11.3 Å². The monoisotopic (exact) mass is 244 g/mol. The van der Waals surface area contributed by atoms with E-state index in [9.17, 15) is 0 Å². The fraction of sp³-hybridized carbons (Fsp3) is 0.375. The summed E-state index contributed by atoms with van der Waals surface area (Å²) in [6.07, 6.45) is 2.29. The molecule has 0 bridgehead atoms. The van der Waals surface area contributed by atoms with Gasteiger partial charge in [-0.05, 0) is 40.9 Å². The van der Waals surface area contributed by atoms with Crippen LogP contribution >= 0.6 is 27.3 Å². The van der Waals surface area contributed by atoms with Crippen molar-refractivity contribution in [1.29, 1.82) is 0 Å². The number of nitrogens with zero attached hydrogens (tertiary/aromatic N) is 1. The second-order valence-electron chi connectivity index (χ2n) is 2.67. The standard InChI is InChI=1S/C8H9BrN2S/c9-8-4-3-7(12-8)6-2-1-5-10-11-6/h3-4,10H,1-2,5H2. The maximum Gasteiger partial charge on any atom is 0.0775 e. The van der Waals surface area contributed by atoms with Crippen molar-refractivity contribution in [1.82, 2.24) is 5.43 Å². The Hall–Kier alpha value is -0.350. The van der Waals surface area contributed by atoms with Crippen LogP contribution in [0.1, 0.15) is 17.7 Å². The third kappa shape index (κ3) is 1.69. The first kappa shape index (κ1) is 8.26. The van der Waals surface area contributed by atoms with Crippen LogP contribution in [0.2, 0.25) is 0 Å². The summed E-state index contributed by atoms with van der Waals surface area (Å²) in [5, 5.41) is 4.27. The van der Waals surface area contributed by atoms with Crippen LogP contribution in [0.5, 0.6) is 0 Å². The van der Waals surface area contributed by atoms with Crippen LogP contribution < -0.4 is 5.43 Å². The topological polar surface area (TPSA) is 24.4 Å². The predicted octanol–water partition coefficient (Wildman–Crippen LogP) is 2.60. The largest absolute Gasteiger partial charge is 0.310 e. The number of halogens is 1. The summed E-state index contributed by atoms with van der Waals surface area (Å²) in [6.45, 7) is 1.01. The Bertz CT molecular complexity index is 306. The van der Waals surface area contributed by atoms with Crippen LogP contribution in [0.25, 0.3) is 0 Å². The predicted molar refractivity (Wildman–Crippen MR) is 55.8 cm³/mol. The van der Waals surface area contributed by atoms with E-state index in [4.69, 9.17) is 0 Å². The van der Waals surface area contributed by atoms with Gasteiger partial charge in [0.2, 0.25) is 0 Å². The number of nitrogens with one attached hydrogen (secondary N) is 1. The van der Waals surface area contributed by atoms with Gasteiger partial charge in [-0.1, -0.05) is 0 Å². The van der Waals surface area contributed by atoms with E-state index in [1.807, 2.05) is 0 Å². The molecule has 1 aromatic rings. The van der Waals surface area contributed by atoms with Gasteiger partial charge in [0, 0.05) is 6.54 Å². The zero-order valence-electron chi connectivity index (χ0n) is 6.51. The molecule has 4 heteroatoms. The van der Waals surface area contributed by atoms with E-state index in [1.165, 1.54) is 20.8 Å². The van der Waals surface area contributed by atoms with E-state index in [2.05, 4.69) is 38.6 Å². The number of hydrogen-bond donors (Lipinski definition) is 1. The molecule has 1 aliphatic rings. The molecular formula is C8H9BrN2S.